The van der Waals surface area contributed by atoms with Gasteiger partial charge in [0.25, 0.3) is 0 Å². The monoisotopic (exact) mass is 237 g/mol. The smallest absolute Gasteiger partial charge is 0.134 e. The van der Waals surface area contributed by atoms with Gasteiger partial charge in [-0.1, -0.05) is 0 Å². The van der Waals surface area contributed by atoms with E-state index in [1.54, 1.807) is 13.0 Å². The minimum absolute atomic E-state index is 0. The summed E-state index contributed by atoms with van der Waals surface area (Å²) in [5.41, 5.74) is 0.156. The number of carboxylic acids is 1. The maximum Gasteiger partial charge on any atom is 0.134 e. The topological polar surface area (TPSA) is 60.4 Å². The third kappa shape index (κ3) is 5.77. The van der Waals surface area contributed by atoms with Gasteiger partial charge in [0.05, 0.1) is 27.1 Å². The van der Waals surface area contributed by atoms with Crippen molar-refractivity contribution in [1.29, 1.82) is 0 Å². The van der Waals surface area contributed by atoms with E-state index in [0.29, 0.717) is 4.48 Å². The molecule has 0 aliphatic rings. The molecule has 0 aromatic carbocycles. The lowest BCUT2D eigenvalue weighted by atomic mass is 10.1. The second-order valence-electron chi connectivity index (χ2n) is 4.48. The Morgan fingerprint density at radius 3 is 2.00 bits per heavy atom. The van der Waals surface area contributed by atoms with Crippen molar-refractivity contribution in [3.05, 3.63) is 11.6 Å². The van der Waals surface area contributed by atoms with E-state index in [2.05, 4.69) is 0 Å². The summed E-state index contributed by atoms with van der Waals surface area (Å²) >= 11 is 0. The molecule has 0 saturated carbocycles. The molecule has 0 bridgehead atoms. The SMILES string of the molecule is C/C(=C\C(C(C)O)[N+](C)(C)C)C(=O)[O-].Cl. The van der Waals surface area contributed by atoms with Crippen LogP contribution in [0.15, 0.2) is 11.6 Å². The quantitative estimate of drug-likeness (QED) is 0.533. The average Bonchev–Trinajstić information content (AvgIpc) is 1.96. The Balaban J connectivity index is 0. The van der Waals surface area contributed by atoms with E-state index in [1.807, 2.05) is 21.1 Å². The Morgan fingerprint density at radius 1 is 1.40 bits per heavy atom. The number of aliphatic hydroxyl groups is 1. The van der Waals surface area contributed by atoms with Gasteiger partial charge in [-0.3, -0.25) is 0 Å². The summed E-state index contributed by atoms with van der Waals surface area (Å²) in [6.45, 7) is 3.12. The van der Waals surface area contributed by atoms with Crippen LogP contribution >= 0.6 is 12.4 Å². The zero-order valence-corrected chi connectivity index (χ0v) is 10.7. The number of carboxylic acid groups (broad SMARTS) is 1. The van der Waals surface area contributed by atoms with Gasteiger partial charge < -0.3 is 19.5 Å². The molecular weight excluding hydrogens is 218 g/mol. The number of hydrogen-bond acceptors (Lipinski definition) is 3. The first-order chi connectivity index (χ1) is 6.16. The first-order valence-electron chi connectivity index (χ1n) is 4.55. The van der Waals surface area contributed by atoms with Crippen molar-refractivity contribution in [1.82, 2.24) is 0 Å². The van der Waals surface area contributed by atoms with Crippen molar-refractivity contribution >= 4 is 18.4 Å². The number of nitrogens with zero attached hydrogens (tertiary/aromatic N) is 1. The van der Waals surface area contributed by atoms with Crippen LogP contribution in [0.2, 0.25) is 0 Å². The molecule has 4 nitrogen and oxygen atoms in total. The highest BCUT2D eigenvalue weighted by atomic mass is 35.5. The predicted octanol–water partition coefficient (Wildman–Crippen LogP) is -0.440. The lowest BCUT2D eigenvalue weighted by molar-refractivity contribution is -0.892. The van der Waals surface area contributed by atoms with Gasteiger partial charge in [0.1, 0.15) is 12.1 Å². The maximum atomic E-state index is 10.5. The molecule has 0 aliphatic carbocycles. The minimum Gasteiger partial charge on any atom is -0.545 e. The van der Waals surface area contributed by atoms with Crippen LogP contribution in [0, 0.1) is 0 Å². The molecule has 0 fully saturated rings. The summed E-state index contributed by atoms with van der Waals surface area (Å²) in [6, 6.07) is -0.243. The van der Waals surface area contributed by atoms with Crippen molar-refractivity contribution < 1.29 is 19.5 Å². The standard InChI is InChI=1S/C10H19NO3.ClH/c1-7(10(13)14)6-9(8(2)12)11(3,4)5;/h6,8-9,12H,1-5H3;1H/b7-6+;. The van der Waals surface area contributed by atoms with Crippen molar-refractivity contribution in [2.75, 3.05) is 21.1 Å². The Morgan fingerprint density at radius 2 is 1.80 bits per heavy atom. The van der Waals surface area contributed by atoms with Crippen LogP contribution in [-0.4, -0.2) is 48.8 Å². The molecule has 0 aromatic heterocycles. The van der Waals surface area contributed by atoms with Crippen LogP contribution in [-0.2, 0) is 4.79 Å². The van der Waals surface area contributed by atoms with Gasteiger partial charge in [0.2, 0.25) is 0 Å². The molecule has 0 amide bonds. The van der Waals surface area contributed by atoms with Gasteiger partial charge in [-0.15, -0.1) is 12.4 Å². The van der Waals surface area contributed by atoms with E-state index >= 15 is 0 Å². The van der Waals surface area contributed by atoms with Crippen LogP contribution in [0.4, 0.5) is 0 Å². The summed E-state index contributed by atoms with van der Waals surface area (Å²) in [5, 5.41) is 20.0. The summed E-state index contributed by atoms with van der Waals surface area (Å²) in [6.07, 6.45) is 0.948. The molecule has 2 atom stereocenters. The van der Waals surface area contributed by atoms with Crippen molar-refractivity contribution in [2.24, 2.45) is 0 Å². The van der Waals surface area contributed by atoms with Gasteiger partial charge in [-0.2, -0.15) is 0 Å². The Bertz CT molecular complexity index is 244. The number of hydrogen-bond donors (Lipinski definition) is 1. The minimum atomic E-state index is -1.19. The highest BCUT2D eigenvalue weighted by Crippen LogP contribution is 2.11. The van der Waals surface area contributed by atoms with Crippen molar-refractivity contribution in [3.63, 3.8) is 0 Å². The Labute approximate surface area is 97.2 Å². The molecule has 1 N–H and O–H groups in total. The average molecular weight is 238 g/mol. The second-order valence-corrected chi connectivity index (χ2v) is 4.48. The highest BCUT2D eigenvalue weighted by Gasteiger charge is 2.26. The molecule has 0 radical (unpaired) electrons. The van der Waals surface area contributed by atoms with E-state index in [-0.39, 0.29) is 24.0 Å². The number of carbonyl (C=O) groups is 1. The number of quaternary nitrogens is 1. The van der Waals surface area contributed by atoms with Gasteiger partial charge in [-0.25, -0.2) is 0 Å². The van der Waals surface area contributed by atoms with Crippen molar-refractivity contribution in [2.45, 2.75) is 26.0 Å². The molecule has 5 heteroatoms. The molecule has 0 rings (SSSR count). The molecule has 2 unspecified atom stereocenters. The molecule has 0 heterocycles. The van der Waals surface area contributed by atoms with Gasteiger partial charge in [-0.05, 0) is 25.5 Å². The summed E-state index contributed by atoms with van der Waals surface area (Å²) < 4.78 is 0.474. The van der Waals surface area contributed by atoms with Gasteiger partial charge in [0, 0.05) is 0 Å². The van der Waals surface area contributed by atoms with Crippen LogP contribution in [0.1, 0.15) is 13.8 Å². The Hall–Kier alpha value is -0.580. The number of aliphatic hydroxyl groups excluding tert-OH is 1. The van der Waals surface area contributed by atoms with Crippen LogP contribution < -0.4 is 5.11 Å². The van der Waals surface area contributed by atoms with E-state index in [9.17, 15) is 15.0 Å². The van der Waals surface area contributed by atoms with Crippen LogP contribution in [0.25, 0.3) is 0 Å². The zero-order valence-electron chi connectivity index (χ0n) is 9.85. The number of aliphatic carboxylic acids is 1. The first kappa shape index (κ1) is 16.8. The summed E-state index contributed by atoms with van der Waals surface area (Å²) in [4.78, 5) is 10.5. The predicted molar refractivity (Wildman–Crippen MR) is 59.5 cm³/mol. The Kier molecular flexibility index (Phi) is 6.85. The molecule has 0 aliphatic heterocycles. The van der Waals surface area contributed by atoms with Gasteiger partial charge in [0.15, 0.2) is 0 Å². The zero-order chi connectivity index (χ0) is 11.5. The third-order valence-electron chi connectivity index (χ3n) is 2.13. The summed E-state index contributed by atoms with van der Waals surface area (Å²) in [7, 11) is 5.70. The lowest BCUT2D eigenvalue weighted by Crippen LogP contribution is -2.50. The first-order valence-corrected chi connectivity index (χ1v) is 4.55. The number of likely N-dealkylation sites (N-methyl/N-ethyl adjacent to an activating group) is 1. The lowest BCUT2D eigenvalue weighted by Gasteiger charge is -2.34. The number of carbonyl (C=O) groups excluding carboxylic acids is 1. The molecule has 0 aromatic rings. The van der Waals surface area contributed by atoms with E-state index in [4.69, 9.17) is 0 Å². The third-order valence-corrected chi connectivity index (χ3v) is 2.13. The largest absolute Gasteiger partial charge is 0.545 e. The van der Waals surface area contributed by atoms with E-state index in [1.165, 1.54) is 6.92 Å². The second kappa shape index (κ2) is 6.10. The molecule has 90 valence electrons. The number of halogens is 1. The van der Waals surface area contributed by atoms with Crippen LogP contribution in [0.3, 0.4) is 0 Å². The van der Waals surface area contributed by atoms with Crippen LogP contribution in [0.5, 0.6) is 0 Å². The van der Waals surface area contributed by atoms with E-state index in [0.717, 1.165) is 0 Å². The fourth-order valence-electron chi connectivity index (χ4n) is 1.33. The number of rotatable bonds is 4. The molecule has 0 spiro atoms. The fraction of sp³-hybridized carbons (Fsp3) is 0.700. The molecule has 0 saturated heterocycles. The fourth-order valence-corrected chi connectivity index (χ4v) is 1.33. The molecular formula is C10H20ClNO3. The van der Waals surface area contributed by atoms with E-state index < -0.39 is 12.1 Å². The molecule has 15 heavy (non-hydrogen) atoms. The highest BCUT2D eigenvalue weighted by molar-refractivity contribution is 5.85. The van der Waals surface area contributed by atoms with Crippen molar-refractivity contribution in [3.8, 4) is 0 Å². The summed E-state index contributed by atoms with van der Waals surface area (Å²) in [5.74, 6) is -1.19. The maximum absolute atomic E-state index is 10.5. The van der Waals surface area contributed by atoms with Gasteiger partial charge >= 0.3 is 0 Å². The normalized spacial score (nSPS) is 16.5.